The third kappa shape index (κ3) is 5.77. The van der Waals surface area contributed by atoms with Crippen molar-refractivity contribution < 1.29 is 14.4 Å². The smallest absolute Gasteiger partial charge is 0.272 e. The fourth-order valence-corrected chi connectivity index (χ4v) is 5.20. The van der Waals surface area contributed by atoms with Crippen molar-refractivity contribution in [2.24, 2.45) is 13.0 Å². The Labute approximate surface area is 207 Å². The number of nitrogens with zero attached hydrogens (tertiary/aromatic N) is 4. The predicted octanol–water partition coefficient (Wildman–Crippen LogP) is 2.54. The predicted molar refractivity (Wildman–Crippen MR) is 133 cm³/mol. The van der Waals surface area contributed by atoms with E-state index in [1.54, 1.807) is 23.4 Å². The molecule has 1 unspecified atom stereocenters. The maximum atomic E-state index is 13.5. The van der Waals surface area contributed by atoms with E-state index < -0.39 is 0 Å². The summed E-state index contributed by atoms with van der Waals surface area (Å²) in [7, 11) is 1.89. The minimum absolute atomic E-state index is 0.0570. The number of fused-ring (bicyclic) bond motifs is 1. The highest BCUT2D eigenvalue weighted by Gasteiger charge is 2.33. The SMILES string of the molecule is CC(C)CCN1C(=O)CCCN(C(=O)c2cc[nH]c2)CCCNC(=O)c2nn(C)c3c2CC1CC3. The molecule has 1 aliphatic carbocycles. The number of hydrogen-bond donors (Lipinski definition) is 2. The molecular weight excluding hydrogens is 444 g/mol. The summed E-state index contributed by atoms with van der Waals surface area (Å²) < 4.78 is 1.82. The molecule has 0 spiro atoms. The van der Waals surface area contributed by atoms with E-state index >= 15 is 0 Å². The Balaban J connectivity index is 1.59. The maximum Gasteiger partial charge on any atom is 0.272 e. The maximum absolute atomic E-state index is 13.5. The third-order valence-electron chi connectivity index (χ3n) is 7.19. The first kappa shape index (κ1) is 25.0. The fourth-order valence-electron chi connectivity index (χ4n) is 5.20. The summed E-state index contributed by atoms with van der Waals surface area (Å²) in [5.74, 6) is 0.394. The van der Waals surface area contributed by atoms with Crippen LogP contribution in [0.2, 0.25) is 0 Å². The Bertz CT molecular complexity index is 1040. The first-order valence-corrected chi connectivity index (χ1v) is 12.9. The molecule has 0 saturated heterocycles. The second-order valence-electron chi connectivity index (χ2n) is 10.2. The molecule has 0 radical (unpaired) electrons. The van der Waals surface area contributed by atoms with E-state index in [-0.39, 0.29) is 23.8 Å². The van der Waals surface area contributed by atoms with E-state index in [9.17, 15) is 14.4 Å². The van der Waals surface area contributed by atoms with Crippen molar-refractivity contribution in [3.05, 3.63) is 41.0 Å². The minimum Gasteiger partial charge on any atom is -0.367 e. The van der Waals surface area contributed by atoms with Gasteiger partial charge in [-0.15, -0.1) is 0 Å². The van der Waals surface area contributed by atoms with Gasteiger partial charge in [0.25, 0.3) is 11.8 Å². The quantitative estimate of drug-likeness (QED) is 0.699. The van der Waals surface area contributed by atoms with Crippen LogP contribution in [0.3, 0.4) is 0 Å². The van der Waals surface area contributed by atoms with Gasteiger partial charge in [0.1, 0.15) is 0 Å². The molecule has 3 amide bonds. The molecule has 1 aliphatic heterocycles. The van der Waals surface area contributed by atoms with Gasteiger partial charge in [-0.2, -0.15) is 5.10 Å². The monoisotopic (exact) mass is 482 g/mol. The van der Waals surface area contributed by atoms with Gasteiger partial charge in [0, 0.05) is 69.3 Å². The second-order valence-corrected chi connectivity index (χ2v) is 10.2. The summed E-state index contributed by atoms with van der Waals surface area (Å²) in [6.07, 6.45) is 8.37. The average Bonchev–Trinajstić information content (AvgIpc) is 3.48. The number of aromatic amines is 1. The molecule has 2 aromatic rings. The van der Waals surface area contributed by atoms with Crippen LogP contribution in [0.5, 0.6) is 0 Å². The van der Waals surface area contributed by atoms with Crippen LogP contribution < -0.4 is 5.32 Å². The lowest BCUT2D eigenvalue weighted by Crippen LogP contribution is -2.45. The Kier molecular flexibility index (Phi) is 7.93. The number of hydrogen-bond acceptors (Lipinski definition) is 4. The third-order valence-corrected chi connectivity index (χ3v) is 7.19. The summed E-state index contributed by atoms with van der Waals surface area (Å²) in [5.41, 5.74) is 3.14. The van der Waals surface area contributed by atoms with E-state index in [4.69, 9.17) is 0 Å². The van der Waals surface area contributed by atoms with Gasteiger partial charge in [0.05, 0.1) is 5.56 Å². The van der Waals surface area contributed by atoms with Crippen LogP contribution in [0.4, 0.5) is 0 Å². The van der Waals surface area contributed by atoms with Gasteiger partial charge in [-0.25, -0.2) is 0 Å². The number of aryl methyl sites for hydroxylation is 1. The summed E-state index contributed by atoms with van der Waals surface area (Å²) in [6, 6.07) is 1.82. The van der Waals surface area contributed by atoms with E-state index in [0.717, 1.165) is 30.5 Å². The van der Waals surface area contributed by atoms with Crippen LogP contribution in [0.1, 0.15) is 78.1 Å². The topological polar surface area (TPSA) is 103 Å². The molecule has 3 heterocycles. The van der Waals surface area contributed by atoms with Gasteiger partial charge in [0.15, 0.2) is 5.69 Å². The van der Waals surface area contributed by atoms with E-state index in [1.165, 1.54) is 0 Å². The minimum atomic E-state index is -0.180. The van der Waals surface area contributed by atoms with Crippen molar-refractivity contribution in [1.82, 2.24) is 29.9 Å². The van der Waals surface area contributed by atoms with Gasteiger partial charge >= 0.3 is 0 Å². The molecule has 9 heteroatoms. The van der Waals surface area contributed by atoms with Gasteiger partial charge in [-0.3, -0.25) is 19.1 Å². The van der Waals surface area contributed by atoms with Crippen LogP contribution in [-0.2, 0) is 24.7 Å². The number of aromatic nitrogens is 3. The number of rotatable bonds is 4. The molecule has 35 heavy (non-hydrogen) atoms. The largest absolute Gasteiger partial charge is 0.367 e. The molecule has 2 aliphatic rings. The lowest BCUT2D eigenvalue weighted by atomic mass is 9.89. The summed E-state index contributed by atoms with van der Waals surface area (Å²) >= 11 is 0. The fraction of sp³-hybridized carbons (Fsp3) is 0.615. The highest BCUT2D eigenvalue weighted by atomic mass is 16.2. The van der Waals surface area contributed by atoms with Crippen LogP contribution >= 0.6 is 0 Å². The lowest BCUT2D eigenvalue weighted by molar-refractivity contribution is -0.134. The van der Waals surface area contributed by atoms with Gasteiger partial charge in [0.2, 0.25) is 5.91 Å². The number of nitrogens with one attached hydrogen (secondary N) is 2. The molecule has 0 fully saturated rings. The highest BCUT2D eigenvalue weighted by Crippen LogP contribution is 2.28. The molecule has 1 atom stereocenters. The van der Waals surface area contributed by atoms with E-state index in [2.05, 4.69) is 29.2 Å². The Morgan fingerprint density at radius 2 is 2.00 bits per heavy atom. The zero-order valence-corrected chi connectivity index (χ0v) is 21.2. The first-order valence-electron chi connectivity index (χ1n) is 12.9. The van der Waals surface area contributed by atoms with Crippen LogP contribution in [0.25, 0.3) is 0 Å². The zero-order chi connectivity index (χ0) is 24.9. The van der Waals surface area contributed by atoms with E-state index in [0.29, 0.717) is 69.0 Å². The highest BCUT2D eigenvalue weighted by molar-refractivity contribution is 5.94. The number of carbonyl (C=O) groups is 3. The van der Waals surface area contributed by atoms with Crippen molar-refractivity contribution in [2.45, 2.75) is 64.8 Å². The van der Waals surface area contributed by atoms with Crippen molar-refractivity contribution in [2.75, 3.05) is 26.2 Å². The molecule has 2 N–H and O–H groups in total. The van der Waals surface area contributed by atoms with Gasteiger partial charge < -0.3 is 20.1 Å². The Morgan fingerprint density at radius 3 is 2.74 bits per heavy atom. The van der Waals surface area contributed by atoms with Gasteiger partial charge in [-0.1, -0.05) is 13.8 Å². The van der Waals surface area contributed by atoms with Crippen LogP contribution in [0, 0.1) is 5.92 Å². The molecule has 4 rings (SSSR count). The summed E-state index contributed by atoms with van der Waals surface area (Å²) in [4.78, 5) is 46.3. The zero-order valence-electron chi connectivity index (χ0n) is 21.2. The standard InChI is InChI=1S/C26H38N6O3/c1-18(2)10-15-32-20-7-8-22-21(16-20)24(29-30(22)3)25(34)28-11-5-14-31(13-4-6-23(32)33)26(35)19-9-12-27-17-19/h9,12,17-18,20,27H,4-8,10-11,13-16H2,1-3H3,(H,28,34). The number of carbonyl (C=O) groups excluding carboxylic acids is 3. The number of H-pyrrole nitrogens is 1. The van der Waals surface area contributed by atoms with Crippen molar-refractivity contribution in [1.29, 1.82) is 0 Å². The molecule has 0 saturated carbocycles. The molecule has 9 nitrogen and oxygen atoms in total. The van der Waals surface area contributed by atoms with E-state index in [1.807, 2.05) is 16.6 Å². The van der Waals surface area contributed by atoms with Crippen molar-refractivity contribution >= 4 is 17.7 Å². The first-order chi connectivity index (χ1) is 16.8. The summed E-state index contributed by atoms with van der Waals surface area (Å²) in [6.45, 7) is 6.54. The second kappa shape index (κ2) is 11.1. The molecule has 2 aromatic heterocycles. The molecule has 190 valence electrons. The van der Waals surface area contributed by atoms with Crippen molar-refractivity contribution in [3.8, 4) is 0 Å². The molecule has 0 aromatic carbocycles. The number of amides is 3. The average molecular weight is 483 g/mol. The Morgan fingerprint density at radius 1 is 1.20 bits per heavy atom. The van der Waals surface area contributed by atoms with Crippen LogP contribution in [-0.4, -0.2) is 74.5 Å². The Hall–Kier alpha value is -3.10. The normalized spacial score (nSPS) is 19.9. The van der Waals surface area contributed by atoms with Crippen molar-refractivity contribution in [3.63, 3.8) is 0 Å². The lowest BCUT2D eigenvalue weighted by Gasteiger charge is -2.35. The molecule has 2 bridgehead atoms. The molecular formula is C26H38N6O3. The van der Waals surface area contributed by atoms with Crippen LogP contribution in [0.15, 0.2) is 18.5 Å². The van der Waals surface area contributed by atoms with Gasteiger partial charge in [-0.05, 0) is 50.5 Å². The summed E-state index contributed by atoms with van der Waals surface area (Å²) in [5, 5.41) is 7.55.